The molecule has 0 atom stereocenters. The van der Waals surface area contributed by atoms with E-state index in [0.717, 1.165) is 30.2 Å². The molecule has 0 spiro atoms. The largest absolute Gasteiger partial charge is 0.383 e. The number of nitrogens with two attached hydrogens (primary N) is 1. The van der Waals surface area contributed by atoms with E-state index in [9.17, 15) is 0 Å². The zero-order valence-corrected chi connectivity index (χ0v) is 12.9. The molecule has 4 nitrogen and oxygen atoms in total. The van der Waals surface area contributed by atoms with Gasteiger partial charge in [0.25, 0.3) is 0 Å². The molecule has 0 aliphatic heterocycles. The molecule has 19 heavy (non-hydrogen) atoms. The smallest absolute Gasteiger partial charge is 0.133 e. The summed E-state index contributed by atoms with van der Waals surface area (Å²) in [5.41, 5.74) is 9.30. The molecule has 1 aromatic heterocycles. The zero-order chi connectivity index (χ0) is 14.4. The van der Waals surface area contributed by atoms with Crippen molar-refractivity contribution in [3.63, 3.8) is 0 Å². The van der Waals surface area contributed by atoms with Crippen LogP contribution >= 0.6 is 0 Å². The van der Waals surface area contributed by atoms with Crippen molar-refractivity contribution in [1.82, 2.24) is 4.98 Å². The Kier molecular flexibility index (Phi) is 6.25. The lowest BCUT2D eigenvalue weighted by Gasteiger charge is -2.28. The van der Waals surface area contributed by atoms with Crippen molar-refractivity contribution in [2.24, 2.45) is 11.7 Å². The molecule has 0 bridgehead atoms. The van der Waals surface area contributed by atoms with Crippen molar-refractivity contribution in [2.45, 2.75) is 34.2 Å². The van der Waals surface area contributed by atoms with E-state index >= 15 is 0 Å². The number of anilines is 1. The number of hydrogen-bond acceptors (Lipinski definition) is 4. The normalized spacial score (nSPS) is 11.1. The first-order chi connectivity index (χ1) is 8.99. The number of ether oxygens (including phenoxy) is 1. The van der Waals surface area contributed by atoms with Gasteiger partial charge in [0.2, 0.25) is 0 Å². The van der Waals surface area contributed by atoms with Gasteiger partial charge >= 0.3 is 0 Å². The van der Waals surface area contributed by atoms with E-state index in [1.807, 2.05) is 6.92 Å². The van der Waals surface area contributed by atoms with Gasteiger partial charge in [0.15, 0.2) is 0 Å². The molecule has 0 aliphatic rings. The van der Waals surface area contributed by atoms with Crippen LogP contribution in [-0.2, 0) is 11.3 Å². The summed E-state index contributed by atoms with van der Waals surface area (Å²) in [6.07, 6.45) is 0. The summed E-state index contributed by atoms with van der Waals surface area (Å²) in [5.74, 6) is 1.59. The molecule has 0 saturated heterocycles. The fourth-order valence-corrected chi connectivity index (χ4v) is 2.28. The Balaban J connectivity index is 3.11. The molecule has 0 radical (unpaired) electrons. The molecular weight excluding hydrogens is 238 g/mol. The highest BCUT2D eigenvalue weighted by molar-refractivity contribution is 5.51. The standard InChI is InChI=1S/C15H27N3O/c1-11(2)10-18(6-7-19-5)15-14(9-16)12(3)8-13(4)17-15/h8,11H,6-7,9-10,16H2,1-5H3. The molecule has 1 heterocycles. The van der Waals surface area contributed by atoms with Gasteiger partial charge in [0, 0.05) is 38.0 Å². The number of aromatic nitrogens is 1. The van der Waals surface area contributed by atoms with Crippen molar-refractivity contribution in [3.05, 3.63) is 22.9 Å². The van der Waals surface area contributed by atoms with E-state index in [2.05, 4.69) is 31.7 Å². The molecule has 0 unspecified atom stereocenters. The third-order valence-corrected chi connectivity index (χ3v) is 3.11. The highest BCUT2D eigenvalue weighted by Gasteiger charge is 2.15. The number of aryl methyl sites for hydroxylation is 2. The Labute approximate surface area is 117 Å². The molecule has 108 valence electrons. The van der Waals surface area contributed by atoms with Gasteiger partial charge in [-0.15, -0.1) is 0 Å². The molecular formula is C15H27N3O. The Morgan fingerprint density at radius 2 is 2.05 bits per heavy atom. The van der Waals surface area contributed by atoms with Gasteiger partial charge < -0.3 is 15.4 Å². The second-order valence-electron chi connectivity index (χ2n) is 5.42. The van der Waals surface area contributed by atoms with Gasteiger partial charge in [0.1, 0.15) is 5.82 Å². The van der Waals surface area contributed by atoms with Crippen molar-refractivity contribution >= 4 is 5.82 Å². The lowest BCUT2D eigenvalue weighted by molar-refractivity contribution is 0.204. The summed E-state index contributed by atoms with van der Waals surface area (Å²) >= 11 is 0. The van der Waals surface area contributed by atoms with E-state index in [4.69, 9.17) is 15.5 Å². The highest BCUT2D eigenvalue weighted by Crippen LogP contribution is 2.23. The van der Waals surface area contributed by atoms with E-state index in [1.165, 1.54) is 5.56 Å². The quantitative estimate of drug-likeness (QED) is 0.821. The summed E-state index contributed by atoms with van der Waals surface area (Å²) in [7, 11) is 1.73. The van der Waals surface area contributed by atoms with Crippen molar-refractivity contribution in [1.29, 1.82) is 0 Å². The molecule has 0 fully saturated rings. The molecule has 0 saturated carbocycles. The summed E-state index contributed by atoms with van der Waals surface area (Å²) in [4.78, 5) is 6.99. The maximum atomic E-state index is 5.90. The Morgan fingerprint density at radius 3 is 2.58 bits per heavy atom. The first-order valence-electron chi connectivity index (χ1n) is 6.90. The summed E-state index contributed by atoms with van der Waals surface area (Å²) in [6, 6.07) is 2.09. The van der Waals surface area contributed by atoms with Gasteiger partial charge in [-0.3, -0.25) is 0 Å². The van der Waals surface area contributed by atoms with E-state index in [1.54, 1.807) is 7.11 Å². The average Bonchev–Trinajstić information content (AvgIpc) is 2.33. The number of methoxy groups -OCH3 is 1. The molecule has 2 N–H and O–H groups in total. The van der Waals surface area contributed by atoms with Crippen LogP contribution in [0.15, 0.2) is 6.07 Å². The fraction of sp³-hybridized carbons (Fsp3) is 0.667. The van der Waals surface area contributed by atoms with Gasteiger partial charge in [-0.05, 0) is 31.4 Å². The van der Waals surface area contributed by atoms with E-state index in [-0.39, 0.29) is 0 Å². The van der Waals surface area contributed by atoms with Crippen LogP contribution in [0.2, 0.25) is 0 Å². The Bertz CT molecular complexity index is 405. The molecule has 0 aliphatic carbocycles. The lowest BCUT2D eigenvalue weighted by Crippen LogP contribution is -2.33. The Hall–Kier alpha value is -1.13. The van der Waals surface area contributed by atoms with Crippen LogP contribution in [0, 0.1) is 19.8 Å². The van der Waals surface area contributed by atoms with Crippen LogP contribution in [-0.4, -0.2) is 31.8 Å². The van der Waals surface area contributed by atoms with Crippen LogP contribution in [0.25, 0.3) is 0 Å². The van der Waals surface area contributed by atoms with Crippen LogP contribution in [0.5, 0.6) is 0 Å². The maximum absolute atomic E-state index is 5.90. The summed E-state index contributed by atoms with van der Waals surface area (Å²) in [5, 5.41) is 0. The third-order valence-electron chi connectivity index (χ3n) is 3.11. The van der Waals surface area contributed by atoms with Gasteiger partial charge in [0.05, 0.1) is 6.61 Å². The summed E-state index contributed by atoms with van der Waals surface area (Å²) in [6.45, 7) is 11.6. The van der Waals surface area contributed by atoms with Crippen LogP contribution in [0.4, 0.5) is 5.82 Å². The second kappa shape index (κ2) is 7.46. The minimum Gasteiger partial charge on any atom is -0.383 e. The average molecular weight is 265 g/mol. The lowest BCUT2D eigenvalue weighted by atomic mass is 10.1. The molecule has 1 rings (SSSR count). The van der Waals surface area contributed by atoms with Gasteiger partial charge in [-0.1, -0.05) is 13.8 Å². The van der Waals surface area contributed by atoms with Crippen molar-refractivity contribution in [3.8, 4) is 0 Å². The van der Waals surface area contributed by atoms with Gasteiger partial charge in [-0.25, -0.2) is 4.98 Å². The van der Waals surface area contributed by atoms with E-state index < -0.39 is 0 Å². The van der Waals surface area contributed by atoms with Crippen LogP contribution in [0.1, 0.15) is 30.7 Å². The minimum absolute atomic E-state index is 0.524. The number of rotatable bonds is 7. The number of hydrogen-bond donors (Lipinski definition) is 1. The highest BCUT2D eigenvalue weighted by atomic mass is 16.5. The first kappa shape index (κ1) is 15.9. The molecule has 0 aromatic carbocycles. The van der Waals surface area contributed by atoms with Crippen LogP contribution < -0.4 is 10.6 Å². The molecule has 4 heteroatoms. The molecule has 0 amide bonds. The SMILES string of the molecule is COCCN(CC(C)C)c1nc(C)cc(C)c1CN. The monoisotopic (exact) mass is 265 g/mol. The summed E-state index contributed by atoms with van der Waals surface area (Å²) < 4.78 is 5.21. The predicted octanol–water partition coefficient (Wildman–Crippen LogP) is 2.27. The van der Waals surface area contributed by atoms with Crippen molar-refractivity contribution in [2.75, 3.05) is 31.7 Å². The fourth-order valence-electron chi connectivity index (χ4n) is 2.28. The minimum atomic E-state index is 0.524. The second-order valence-corrected chi connectivity index (χ2v) is 5.42. The molecule has 1 aromatic rings. The number of pyridine rings is 1. The van der Waals surface area contributed by atoms with E-state index in [0.29, 0.717) is 19.1 Å². The maximum Gasteiger partial charge on any atom is 0.133 e. The predicted molar refractivity (Wildman–Crippen MR) is 80.5 cm³/mol. The van der Waals surface area contributed by atoms with Crippen molar-refractivity contribution < 1.29 is 4.74 Å². The Morgan fingerprint density at radius 1 is 1.37 bits per heavy atom. The van der Waals surface area contributed by atoms with Gasteiger partial charge in [-0.2, -0.15) is 0 Å². The van der Waals surface area contributed by atoms with Crippen LogP contribution in [0.3, 0.4) is 0 Å². The number of nitrogens with zero attached hydrogens (tertiary/aromatic N) is 2. The topological polar surface area (TPSA) is 51.4 Å². The third kappa shape index (κ3) is 4.48. The first-order valence-corrected chi connectivity index (χ1v) is 6.90. The zero-order valence-electron chi connectivity index (χ0n) is 12.9.